The summed E-state index contributed by atoms with van der Waals surface area (Å²) in [5, 5.41) is 9.84. The molecule has 2 heterocycles. The molecule has 8 heteroatoms. The fraction of sp³-hybridized carbons (Fsp3) is 0.280. The van der Waals surface area contributed by atoms with Gasteiger partial charge in [0.2, 0.25) is 0 Å². The van der Waals surface area contributed by atoms with Gasteiger partial charge in [0.05, 0.1) is 19.2 Å². The van der Waals surface area contributed by atoms with Crippen molar-refractivity contribution < 1.29 is 28.5 Å². The van der Waals surface area contributed by atoms with Crippen molar-refractivity contribution in [3.8, 4) is 23.0 Å². The maximum absolute atomic E-state index is 15.0. The summed E-state index contributed by atoms with van der Waals surface area (Å²) in [6.45, 7) is 2.30. The van der Waals surface area contributed by atoms with Crippen molar-refractivity contribution in [1.82, 2.24) is 9.97 Å². The highest BCUT2D eigenvalue weighted by Crippen LogP contribution is 2.38. The molecule has 2 aromatic heterocycles. The molecule has 33 heavy (non-hydrogen) atoms. The number of H-pyrrole nitrogens is 1. The number of pyridine rings is 1. The number of aryl methyl sites for hydroxylation is 1. The largest absolute Gasteiger partial charge is 0.493 e. The number of aromatic amines is 1. The van der Waals surface area contributed by atoms with Crippen LogP contribution in [0.15, 0.2) is 42.6 Å². The smallest absolute Gasteiger partial charge is 0.303 e. The summed E-state index contributed by atoms with van der Waals surface area (Å²) in [5.41, 5.74) is 2.20. The fourth-order valence-electron chi connectivity index (χ4n) is 3.71. The number of benzene rings is 2. The predicted octanol–water partition coefficient (Wildman–Crippen LogP) is 5.99. The number of hydrogen-bond donors (Lipinski definition) is 2. The van der Waals surface area contributed by atoms with E-state index in [2.05, 4.69) is 9.97 Å². The van der Waals surface area contributed by atoms with Gasteiger partial charge in [-0.3, -0.25) is 9.78 Å². The third kappa shape index (κ3) is 5.00. The summed E-state index contributed by atoms with van der Waals surface area (Å²) in [4.78, 5) is 18.1. The zero-order valence-electron chi connectivity index (χ0n) is 18.5. The zero-order chi connectivity index (χ0) is 23.4. The molecule has 0 saturated heterocycles. The van der Waals surface area contributed by atoms with Gasteiger partial charge in [0.25, 0.3) is 0 Å². The second-order valence-electron chi connectivity index (χ2n) is 7.78. The van der Waals surface area contributed by atoms with Gasteiger partial charge in [0, 0.05) is 40.7 Å². The number of aliphatic carboxylic acids is 1. The van der Waals surface area contributed by atoms with Crippen LogP contribution in [0.3, 0.4) is 0 Å². The zero-order valence-corrected chi connectivity index (χ0v) is 18.5. The Hall–Kier alpha value is -3.81. The molecule has 7 nitrogen and oxygen atoms in total. The summed E-state index contributed by atoms with van der Waals surface area (Å²) >= 11 is 0. The minimum absolute atomic E-state index is 0.120. The average molecular weight is 452 g/mol. The van der Waals surface area contributed by atoms with Crippen LogP contribution >= 0.6 is 0 Å². The molecular weight excluding hydrogens is 427 g/mol. The monoisotopic (exact) mass is 452 g/mol. The first kappa shape index (κ1) is 22.4. The first-order valence-corrected chi connectivity index (χ1v) is 10.7. The summed E-state index contributed by atoms with van der Waals surface area (Å²) in [6, 6.07) is 10.3. The Bertz CT molecular complexity index is 1300. The van der Waals surface area contributed by atoms with Gasteiger partial charge in [-0.05, 0) is 56.5 Å². The Morgan fingerprint density at radius 1 is 1.03 bits per heavy atom. The van der Waals surface area contributed by atoms with Crippen LogP contribution in [0.2, 0.25) is 0 Å². The van der Waals surface area contributed by atoms with Crippen LogP contribution in [-0.2, 0) is 4.79 Å². The molecule has 4 rings (SSSR count). The lowest BCUT2D eigenvalue weighted by Gasteiger charge is -2.14. The normalized spacial score (nSPS) is 11.1. The summed E-state index contributed by atoms with van der Waals surface area (Å²) < 4.78 is 32.3. The lowest BCUT2D eigenvalue weighted by molar-refractivity contribution is -0.137. The lowest BCUT2D eigenvalue weighted by atomic mass is 10.1. The molecule has 2 aromatic carbocycles. The van der Waals surface area contributed by atoms with E-state index in [0.717, 1.165) is 18.5 Å². The van der Waals surface area contributed by atoms with Crippen molar-refractivity contribution in [2.75, 3.05) is 13.7 Å². The number of hydrogen-bond acceptors (Lipinski definition) is 5. The molecule has 0 aliphatic heterocycles. The Balaban J connectivity index is 1.55. The quantitative estimate of drug-likeness (QED) is 0.287. The molecule has 0 spiro atoms. The Morgan fingerprint density at radius 3 is 2.67 bits per heavy atom. The van der Waals surface area contributed by atoms with Gasteiger partial charge in [0.15, 0.2) is 23.1 Å². The van der Waals surface area contributed by atoms with Crippen LogP contribution in [0.4, 0.5) is 4.39 Å². The second kappa shape index (κ2) is 9.77. The van der Waals surface area contributed by atoms with Gasteiger partial charge in [-0.2, -0.15) is 0 Å². The van der Waals surface area contributed by atoms with E-state index < -0.39 is 11.8 Å². The Labute approximate surface area is 190 Å². The molecule has 0 radical (unpaired) electrons. The van der Waals surface area contributed by atoms with E-state index >= 15 is 4.39 Å². The molecule has 0 saturated carbocycles. The number of fused-ring (bicyclic) bond motifs is 2. The number of ether oxygens (including phenoxy) is 3. The van der Waals surface area contributed by atoms with Gasteiger partial charge in [-0.15, -0.1) is 0 Å². The number of carbonyl (C=O) groups is 1. The minimum Gasteiger partial charge on any atom is -0.493 e. The van der Waals surface area contributed by atoms with E-state index in [-0.39, 0.29) is 12.2 Å². The highest BCUT2D eigenvalue weighted by atomic mass is 19.1. The predicted molar refractivity (Wildman–Crippen MR) is 123 cm³/mol. The van der Waals surface area contributed by atoms with Gasteiger partial charge < -0.3 is 24.3 Å². The van der Waals surface area contributed by atoms with Crippen LogP contribution in [0.5, 0.6) is 23.0 Å². The molecule has 0 unspecified atom stereocenters. The van der Waals surface area contributed by atoms with Gasteiger partial charge in [0.1, 0.15) is 5.75 Å². The molecule has 0 aliphatic rings. The number of methoxy groups -OCH3 is 1. The second-order valence-corrected chi connectivity index (χ2v) is 7.78. The SMILES string of the molecule is COc1cc2c(Oc3ccc4[nH]c(C)cc4c3F)ccnc2cc1OCCCCCC(=O)O. The highest BCUT2D eigenvalue weighted by Gasteiger charge is 2.15. The van der Waals surface area contributed by atoms with Crippen molar-refractivity contribution in [2.45, 2.75) is 32.6 Å². The molecule has 0 bridgehead atoms. The number of nitrogens with zero attached hydrogens (tertiary/aromatic N) is 1. The third-order valence-electron chi connectivity index (χ3n) is 5.34. The molecular formula is C25H25FN2O5. The number of unbranched alkanes of at least 4 members (excludes halogenated alkanes) is 2. The topological polar surface area (TPSA) is 93.7 Å². The molecule has 172 valence electrons. The number of halogens is 1. The van der Waals surface area contributed by atoms with E-state index in [4.69, 9.17) is 19.3 Å². The van der Waals surface area contributed by atoms with Crippen LogP contribution < -0.4 is 14.2 Å². The third-order valence-corrected chi connectivity index (χ3v) is 5.34. The van der Waals surface area contributed by atoms with Crippen molar-refractivity contribution in [2.24, 2.45) is 0 Å². The Kier molecular flexibility index (Phi) is 6.63. The average Bonchev–Trinajstić information content (AvgIpc) is 3.18. The Morgan fingerprint density at radius 2 is 1.88 bits per heavy atom. The summed E-state index contributed by atoms with van der Waals surface area (Å²) in [6.07, 6.45) is 3.85. The summed E-state index contributed by atoms with van der Waals surface area (Å²) in [5.74, 6) is 0.376. The number of aromatic nitrogens is 2. The number of carboxylic acid groups (broad SMARTS) is 1. The number of nitrogens with one attached hydrogen (secondary N) is 1. The van der Waals surface area contributed by atoms with Gasteiger partial charge in [-0.1, -0.05) is 0 Å². The minimum atomic E-state index is -0.792. The maximum atomic E-state index is 15.0. The standard InChI is InChI=1S/C25H25FN2O5/c1-15-12-17-18(28-15)7-8-21(25(17)26)33-20-9-10-27-19-14-23(22(31-2)13-16(19)20)32-11-5-3-4-6-24(29)30/h7-10,12-14,28H,3-6,11H2,1-2H3,(H,29,30). The van der Waals surface area contributed by atoms with Crippen LogP contribution in [0.25, 0.3) is 21.8 Å². The molecule has 2 N–H and O–H groups in total. The van der Waals surface area contributed by atoms with E-state index in [1.807, 2.05) is 6.92 Å². The molecule has 0 atom stereocenters. The van der Waals surface area contributed by atoms with Crippen molar-refractivity contribution >= 4 is 27.8 Å². The van der Waals surface area contributed by atoms with E-state index in [1.54, 1.807) is 49.7 Å². The first-order chi connectivity index (χ1) is 16.0. The van der Waals surface area contributed by atoms with Crippen LogP contribution in [-0.4, -0.2) is 34.8 Å². The molecule has 0 fully saturated rings. The molecule has 0 amide bonds. The van der Waals surface area contributed by atoms with Crippen molar-refractivity contribution in [3.05, 3.63) is 54.1 Å². The van der Waals surface area contributed by atoms with Gasteiger partial charge >= 0.3 is 5.97 Å². The van der Waals surface area contributed by atoms with Crippen molar-refractivity contribution in [1.29, 1.82) is 0 Å². The van der Waals surface area contributed by atoms with E-state index in [0.29, 0.717) is 52.1 Å². The van der Waals surface area contributed by atoms with Gasteiger partial charge in [-0.25, -0.2) is 4.39 Å². The van der Waals surface area contributed by atoms with Crippen LogP contribution in [0.1, 0.15) is 31.4 Å². The maximum Gasteiger partial charge on any atom is 0.303 e. The molecule has 0 aliphatic carbocycles. The van der Waals surface area contributed by atoms with Crippen molar-refractivity contribution in [3.63, 3.8) is 0 Å². The summed E-state index contributed by atoms with van der Waals surface area (Å²) in [7, 11) is 1.54. The van der Waals surface area contributed by atoms with E-state index in [1.165, 1.54) is 0 Å². The van der Waals surface area contributed by atoms with E-state index in [9.17, 15) is 4.79 Å². The van der Waals surface area contributed by atoms with Crippen LogP contribution in [0, 0.1) is 12.7 Å². The number of rotatable bonds is 10. The lowest BCUT2D eigenvalue weighted by Crippen LogP contribution is -2.01. The fourth-order valence-corrected chi connectivity index (χ4v) is 3.71. The number of carboxylic acids is 1. The first-order valence-electron chi connectivity index (χ1n) is 10.7. The molecule has 4 aromatic rings. The highest BCUT2D eigenvalue weighted by molar-refractivity contribution is 5.89.